The van der Waals surface area contributed by atoms with Gasteiger partial charge >= 0.3 is 5.97 Å². The monoisotopic (exact) mass is 469 g/mol. The summed E-state index contributed by atoms with van der Waals surface area (Å²) in [6.07, 6.45) is 13.4. The van der Waals surface area contributed by atoms with Gasteiger partial charge < -0.3 is 20.7 Å². The Labute approximate surface area is 201 Å². The average Bonchev–Trinajstić information content (AvgIpc) is 3.09. The molecule has 176 valence electrons. The molecular weight excluding hydrogens is 438 g/mol. The van der Waals surface area contributed by atoms with E-state index in [1.54, 1.807) is 30.4 Å². The molecule has 5 nitrogen and oxygen atoms in total. The van der Waals surface area contributed by atoms with Gasteiger partial charge in [0.25, 0.3) is 0 Å². The number of aliphatic hydroxyl groups excluding tert-OH is 1. The number of para-hydroxylation sites is 1. The first-order valence-corrected chi connectivity index (χ1v) is 11.4. The largest absolute Gasteiger partial charge is 0.508 e. The Bertz CT molecular complexity index is 1050. The summed E-state index contributed by atoms with van der Waals surface area (Å²) in [5, 5.41) is 20.0. The van der Waals surface area contributed by atoms with Crippen LogP contribution in [0, 0.1) is 29.8 Å². The van der Waals surface area contributed by atoms with Crippen molar-refractivity contribution in [3.63, 3.8) is 0 Å². The fourth-order valence-electron chi connectivity index (χ4n) is 6.33. The molecule has 6 heteroatoms. The van der Waals surface area contributed by atoms with Gasteiger partial charge in [-0.1, -0.05) is 31.5 Å². The number of aryl methyl sites for hydroxylation is 1. The maximum atomic E-state index is 11.0. The fraction of sp³-hybridized carbons (Fsp3) is 0.444. The van der Waals surface area contributed by atoms with E-state index in [0.29, 0.717) is 23.3 Å². The van der Waals surface area contributed by atoms with E-state index in [9.17, 15) is 15.0 Å². The summed E-state index contributed by atoms with van der Waals surface area (Å²) in [5.74, 6) is 1.89. The number of ether oxygens (including phenoxy) is 1. The number of phenols is 1. The average molecular weight is 470 g/mol. The second kappa shape index (κ2) is 10.1. The number of benzene rings is 2. The lowest BCUT2D eigenvalue weighted by Crippen LogP contribution is -2.43. The van der Waals surface area contributed by atoms with Gasteiger partial charge in [0.05, 0.1) is 11.7 Å². The Morgan fingerprint density at radius 3 is 2.67 bits per heavy atom. The number of carbonyl (C=O) groups excluding carboxylic acids is 1. The number of nitrogen functional groups attached to an aromatic ring is 1. The number of aliphatic hydroxyl groups is 1. The molecule has 2 aromatic carbocycles. The summed E-state index contributed by atoms with van der Waals surface area (Å²) in [5.41, 5.74) is 9.12. The van der Waals surface area contributed by atoms with Crippen molar-refractivity contribution in [1.82, 2.24) is 0 Å². The van der Waals surface area contributed by atoms with Gasteiger partial charge in [0.15, 0.2) is 0 Å². The van der Waals surface area contributed by atoms with E-state index >= 15 is 0 Å². The maximum absolute atomic E-state index is 11.0. The van der Waals surface area contributed by atoms with Crippen molar-refractivity contribution >= 4 is 24.1 Å². The number of fused-ring (bicyclic) bond motifs is 5. The lowest BCUT2D eigenvalue weighted by Gasteiger charge is -2.50. The summed E-state index contributed by atoms with van der Waals surface area (Å²) in [7, 11) is 0. The highest BCUT2D eigenvalue weighted by Crippen LogP contribution is 2.60. The van der Waals surface area contributed by atoms with E-state index in [0.717, 1.165) is 25.2 Å². The minimum atomic E-state index is -0.601. The van der Waals surface area contributed by atoms with Crippen molar-refractivity contribution in [2.75, 3.05) is 5.73 Å². The molecule has 0 spiro atoms. The number of hydrogen-bond acceptors (Lipinski definition) is 5. The number of anilines is 1. The van der Waals surface area contributed by atoms with Crippen molar-refractivity contribution < 1.29 is 19.7 Å². The van der Waals surface area contributed by atoms with Crippen molar-refractivity contribution in [3.8, 4) is 18.3 Å². The van der Waals surface area contributed by atoms with Crippen LogP contribution in [-0.2, 0) is 11.2 Å². The third-order valence-corrected chi connectivity index (χ3v) is 7.99. The molecule has 4 N–H and O–H groups in total. The highest BCUT2D eigenvalue weighted by Gasteiger charge is 2.54. The zero-order valence-corrected chi connectivity index (χ0v) is 19.7. The van der Waals surface area contributed by atoms with Gasteiger partial charge in [0, 0.05) is 5.69 Å². The number of nitrogens with two attached hydrogens (primary N) is 1. The Balaban J connectivity index is 0.000000205. The van der Waals surface area contributed by atoms with Gasteiger partial charge in [-0.3, -0.25) is 0 Å². The standard InChI is InChI=1S/C18H24O2.C9H7NO2.ClH/c1-18-9-8-14-13-5-3-12(19)10-11(13)2-4-15(14)16(18)6-7-17(18)20;1-2-12-9(11)7-5-3-4-6-8(7)10;/h3,5,10,14-17,19-20H,2,4,6-9H2,1H3;1,3-6H,10H2;1H/t14-,15-,16+,17+,18+;;/m1../s1. The van der Waals surface area contributed by atoms with Crippen molar-refractivity contribution in [2.45, 2.75) is 57.5 Å². The summed E-state index contributed by atoms with van der Waals surface area (Å²) >= 11 is 0. The lowest BCUT2D eigenvalue weighted by atomic mass is 9.55. The molecule has 33 heavy (non-hydrogen) atoms. The fourth-order valence-corrected chi connectivity index (χ4v) is 6.33. The zero-order chi connectivity index (χ0) is 22.9. The molecule has 5 atom stereocenters. The summed E-state index contributed by atoms with van der Waals surface area (Å²) < 4.78 is 4.32. The molecule has 0 bridgehead atoms. The van der Waals surface area contributed by atoms with Gasteiger partial charge in [-0.15, -0.1) is 12.4 Å². The number of phenolic OH excluding ortho intramolecular Hbond substituents is 1. The van der Waals surface area contributed by atoms with Crippen LogP contribution in [0.5, 0.6) is 5.75 Å². The molecule has 2 fully saturated rings. The first kappa shape index (κ1) is 25.0. The highest BCUT2D eigenvalue weighted by molar-refractivity contribution is 5.95. The predicted molar refractivity (Wildman–Crippen MR) is 131 cm³/mol. The molecule has 3 aliphatic carbocycles. The van der Waals surface area contributed by atoms with Gasteiger partial charge in [-0.25, -0.2) is 4.79 Å². The minimum absolute atomic E-state index is 0. The van der Waals surface area contributed by atoms with E-state index in [-0.39, 0.29) is 29.5 Å². The maximum Gasteiger partial charge on any atom is 0.354 e. The molecule has 0 aliphatic heterocycles. The van der Waals surface area contributed by atoms with E-state index in [4.69, 9.17) is 12.2 Å². The molecule has 0 unspecified atom stereocenters. The summed E-state index contributed by atoms with van der Waals surface area (Å²) in [6, 6.07) is 12.5. The molecule has 2 aromatic rings. The van der Waals surface area contributed by atoms with Crippen LogP contribution >= 0.6 is 12.4 Å². The molecule has 0 amide bonds. The van der Waals surface area contributed by atoms with Crippen molar-refractivity contribution in [3.05, 3.63) is 59.2 Å². The van der Waals surface area contributed by atoms with Gasteiger partial charge in [-0.2, -0.15) is 0 Å². The van der Waals surface area contributed by atoms with Crippen LogP contribution < -0.4 is 5.73 Å². The van der Waals surface area contributed by atoms with Crippen LogP contribution in [0.4, 0.5) is 5.69 Å². The highest BCUT2D eigenvalue weighted by atomic mass is 35.5. The smallest absolute Gasteiger partial charge is 0.354 e. The normalized spacial score (nSPS) is 29.0. The summed E-state index contributed by atoms with van der Waals surface area (Å²) in [4.78, 5) is 11.0. The number of aromatic hydroxyl groups is 1. The number of carbonyl (C=O) groups is 1. The number of esters is 1. The molecule has 0 heterocycles. The van der Waals surface area contributed by atoms with Gasteiger partial charge in [0.1, 0.15) is 11.9 Å². The van der Waals surface area contributed by atoms with E-state index in [2.05, 4.69) is 17.7 Å². The third kappa shape index (κ3) is 4.69. The van der Waals surface area contributed by atoms with Crippen LogP contribution in [0.2, 0.25) is 0 Å². The second-order valence-electron chi connectivity index (χ2n) is 9.53. The number of rotatable bonds is 1. The number of terminal acetylenes is 1. The molecule has 5 rings (SSSR count). The Morgan fingerprint density at radius 2 is 1.94 bits per heavy atom. The molecule has 0 radical (unpaired) electrons. The Morgan fingerprint density at radius 1 is 1.18 bits per heavy atom. The molecule has 2 saturated carbocycles. The minimum Gasteiger partial charge on any atom is -0.508 e. The Kier molecular flexibility index (Phi) is 7.62. The van der Waals surface area contributed by atoms with Gasteiger partial charge in [0.2, 0.25) is 0 Å². The van der Waals surface area contributed by atoms with Crippen LogP contribution in [-0.4, -0.2) is 22.3 Å². The quantitative estimate of drug-likeness (QED) is 0.309. The zero-order valence-electron chi connectivity index (χ0n) is 18.9. The Hall–Kier alpha value is -2.68. The predicted octanol–water partition coefficient (Wildman–Crippen LogP) is 5.05. The van der Waals surface area contributed by atoms with Crippen molar-refractivity contribution in [1.29, 1.82) is 0 Å². The van der Waals surface area contributed by atoms with Crippen LogP contribution in [0.25, 0.3) is 0 Å². The van der Waals surface area contributed by atoms with Crippen molar-refractivity contribution in [2.24, 2.45) is 17.3 Å². The van der Waals surface area contributed by atoms with Gasteiger partial charge in [-0.05, 0) is 97.1 Å². The SMILES string of the molecule is C#COC(=O)c1ccccc1N.C[C@]12CC[C@@H]3c4ccc(O)cc4CC[C@H]3[C@@H]1CC[C@@H]2O.Cl. The summed E-state index contributed by atoms with van der Waals surface area (Å²) in [6.45, 7) is 2.32. The number of halogens is 1. The second-order valence-corrected chi connectivity index (χ2v) is 9.53. The van der Waals surface area contributed by atoms with Crippen LogP contribution in [0.1, 0.15) is 66.4 Å². The van der Waals surface area contributed by atoms with Crippen LogP contribution in [0.15, 0.2) is 42.5 Å². The number of hydrogen-bond donors (Lipinski definition) is 3. The molecular formula is C27H32ClNO4. The first-order chi connectivity index (χ1) is 15.3. The molecule has 0 saturated heterocycles. The van der Waals surface area contributed by atoms with E-state index in [1.165, 1.54) is 30.4 Å². The van der Waals surface area contributed by atoms with E-state index < -0.39 is 5.97 Å². The van der Waals surface area contributed by atoms with E-state index in [1.807, 2.05) is 12.1 Å². The molecule has 3 aliphatic rings. The molecule has 0 aromatic heterocycles. The third-order valence-electron chi connectivity index (χ3n) is 7.99. The van der Waals surface area contributed by atoms with Crippen LogP contribution in [0.3, 0.4) is 0 Å². The topological polar surface area (TPSA) is 92.8 Å². The lowest BCUT2D eigenvalue weighted by molar-refractivity contribution is -0.0226. The first-order valence-electron chi connectivity index (χ1n) is 11.4.